The predicted molar refractivity (Wildman–Crippen MR) is 41.4 cm³/mol. The monoisotopic (exact) mass is 156 g/mol. The first-order valence-electron chi connectivity index (χ1n) is 2.52. The molecule has 0 spiro atoms. The van der Waals surface area contributed by atoms with Crippen molar-refractivity contribution in [2.75, 3.05) is 0 Å². The fourth-order valence-corrected chi connectivity index (χ4v) is 2.60. The molecule has 0 aliphatic carbocycles. The minimum atomic E-state index is 0.414. The molecule has 46 valence electrons. The largest absolute Gasteiger partial charge is 0.499 e. The van der Waals surface area contributed by atoms with Crippen molar-refractivity contribution in [2.45, 2.75) is 0 Å². The Labute approximate surface area is 60.2 Å². The lowest BCUT2D eigenvalue weighted by atomic mass is 10.5. The zero-order valence-electron chi connectivity index (χ0n) is 4.50. The van der Waals surface area contributed by atoms with Gasteiger partial charge in [-0.25, -0.2) is 0 Å². The molecule has 1 nitrogen and oxygen atoms in total. The van der Waals surface area contributed by atoms with Crippen molar-refractivity contribution in [3.05, 3.63) is 17.5 Å². The van der Waals surface area contributed by atoms with Crippen LogP contribution in [0.5, 0.6) is 5.06 Å². The highest BCUT2D eigenvalue weighted by atomic mass is 32.1. The molecular weight excluding hydrogens is 152 g/mol. The van der Waals surface area contributed by atoms with E-state index in [4.69, 9.17) is 5.11 Å². The van der Waals surface area contributed by atoms with Crippen LogP contribution >= 0.6 is 22.7 Å². The van der Waals surface area contributed by atoms with Crippen molar-refractivity contribution in [2.24, 2.45) is 0 Å². The highest BCUT2D eigenvalue weighted by molar-refractivity contribution is 7.27. The maximum absolute atomic E-state index is 8.97. The summed E-state index contributed by atoms with van der Waals surface area (Å²) in [7, 11) is 0. The predicted octanol–water partition coefficient (Wildman–Crippen LogP) is 2.67. The van der Waals surface area contributed by atoms with Crippen molar-refractivity contribution >= 4 is 32.1 Å². The summed E-state index contributed by atoms with van der Waals surface area (Å²) in [5.41, 5.74) is 0. The van der Waals surface area contributed by atoms with Gasteiger partial charge in [0.1, 0.15) is 0 Å². The van der Waals surface area contributed by atoms with Crippen LogP contribution in [0.25, 0.3) is 9.40 Å². The molecule has 0 aliphatic heterocycles. The lowest BCUT2D eigenvalue weighted by Gasteiger charge is -1.70. The van der Waals surface area contributed by atoms with E-state index >= 15 is 0 Å². The maximum atomic E-state index is 8.97. The Kier molecular flexibility index (Phi) is 1.00. The van der Waals surface area contributed by atoms with Crippen molar-refractivity contribution in [3.8, 4) is 5.06 Å². The third kappa shape index (κ3) is 0.730. The average molecular weight is 156 g/mol. The molecule has 0 bridgehead atoms. The van der Waals surface area contributed by atoms with E-state index in [1.54, 1.807) is 17.4 Å². The van der Waals surface area contributed by atoms with Crippen LogP contribution in [0.4, 0.5) is 0 Å². The molecule has 2 heterocycles. The SMILES string of the molecule is Oc1cc2sccc2s1. The van der Waals surface area contributed by atoms with Crippen LogP contribution in [0.15, 0.2) is 17.5 Å². The van der Waals surface area contributed by atoms with Gasteiger partial charge < -0.3 is 5.11 Å². The molecule has 0 aromatic carbocycles. The van der Waals surface area contributed by atoms with Crippen LogP contribution in [0.2, 0.25) is 0 Å². The smallest absolute Gasteiger partial charge is 0.173 e. The van der Waals surface area contributed by atoms with E-state index in [0.29, 0.717) is 5.06 Å². The summed E-state index contributed by atoms with van der Waals surface area (Å²) in [5, 5.41) is 11.4. The lowest BCUT2D eigenvalue weighted by molar-refractivity contribution is 0.491. The number of hydrogen-bond acceptors (Lipinski definition) is 3. The topological polar surface area (TPSA) is 20.2 Å². The fourth-order valence-electron chi connectivity index (χ4n) is 0.753. The first-order chi connectivity index (χ1) is 4.36. The summed E-state index contributed by atoms with van der Waals surface area (Å²) in [6, 6.07) is 3.81. The lowest BCUT2D eigenvalue weighted by Crippen LogP contribution is -1.38. The molecule has 2 aromatic rings. The summed E-state index contributed by atoms with van der Waals surface area (Å²) in [6.07, 6.45) is 0. The molecule has 3 heteroatoms. The molecule has 0 atom stereocenters. The van der Waals surface area contributed by atoms with Crippen LogP contribution in [-0.4, -0.2) is 5.11 Å². The van der Waals surface area contributed by atoms with Crippen molar-refractivity contribution < 1.29 is 5.11 Å². The second-order valence-corrected chi connectivity index (χ2v) is 3.74. The van der Waals surface area contributed by atoms with Gasteiger partial charge >= 0.3 is 0 Å². The number of thiophene rings is 2. The molecule has 2 rings (SSSR count). The van der Waals surface area contributed by atoms with Gasteiger partial charge in [-0.2, -0.15) is 0 Å². The minimum Gasteiger partial charge on any atom is -0.499 e. The van der Waals surface area contributed by atoms with E-state index < -0.39 is 0 Å². The first kappa shape index (κ1) is 5.26. The van der Waals surface area contributed by atoms with Crippen molar-refractivity contribution in [3.63, 3.8) is 0 Å². The van der Waals surface area contributed by atoms with Crippen LogP contribution in [0.3, 0.4) is 0 Å². The molecular formula is C6H4OS2. The molecule has 9 heavy (non-hydrogen) atoms. The van der Waals surface area contributed by atoms with Crippen LogP contribution in [-0.2, 0) is 0 Å². The highest BCUT2D eigenvalue weighted by Crippen LogP contribution is 2.33. The van der Waals surface area contributed by atoms with Gasteiger partial charge in [0.25, 0.3) is 0 Å². The maximum Gasteiger partial charge on any atom is 0.173 e. The molecule has 0 unspecified atom stereocenters. The van der Waals surface area contributed by atoms with E-state index in [2.05, 4.69) is 0 Å². The van der Waals surface area contributed by atoms with Gasteiger partial charge in [0.05, 0.1) is 0 Å². The standard InChI is InChI=1S/C6H4OS2/c7-6-3-5-4(9-6)1-2-8-5/h1-3,7H. The molecule has 0 amide bonds. The van der Waals surface area contributed by atoms with Gasteiger partial charge in [0.2, 0.25) is 0 Å². The number of rotatable bonds is 0. The van der Waals surface area contributed by atoms with E-state index in [0.717, 1.165) is 0 Å². The normalized spacial score (nSPS) is 10.7. The molecule has 0 aliphatic rings. The van der Waals surface area contributed by atoms with Crippen LogP contribution in [0.1, 0.15) is 0 Å². The fraction of sp³-hybridized carbons (Fsp3) is 0. The van der Waals surface area contributed by atoms with Gasteiger partial charge in [-0.1, -0.05) is 11.3 Å². The van der Waals surface area contributed by atoms with E-state index in [1.807, 2.05) is 11.4 Å². The average Bonchev–Trinajstić information content (AvgIpc) is 2.22. The number of fused-ring (bicyclic) bond motifs is 1. The van der Waals surface area contributed by atoms with Crippen molar-refractivity contribution in [1.82, 2.24) is 0 Å². The molecule has 0 fully saturated rings. The Hall–Kier alpha value is -0.540. The van der Waals surface area contributed by atoms with Crippen LogP contribution < -0.4 is 0 Å². The molecule has 0 saturated heterocycles. The Bertz CT molecular complexity index is 292. The molecule has 2 aromatic heterocycles. The summed E-state index contributed by atoms with van der Waals surface area (Å²) in [4.78, 5) is 0. The third-order valence-corrected chi connectivity index (χ3v) is 3.02. The first-order valence-corrected chi connectivity index (χ1v) is 4.22. The van der Waals surface area contributed by atoms with E-state index in [-0.39, 0.29) is 0 Å². The van der Waals surface area contributed by atoms with Gasteiger partial charge in [-0.3, -0.25) is 0 Å². The second kappa shape index (κ2) is 1.72. The quantitative estimate of drug-likeness (QED) is 0.621. The Balaban J connectivity index is 2.92. The number of aromatic hydroxyl groups is 1. The molecule has 1 N–H and O–H groups in total. The van der Waals surface area contributed by atoms with Gasteiger partial charge in [0, 0.05) is 15.5 Å². The van der Waals surface area contributed by atoms with Crippen molar-refractivity contribution in [1.29, 1.82) is 0 Å². The summed E-state index contributed by atoms with van der Waals surface area (Å²) >= 11 is 3.08. The third-order valence-electron chi connectivity index (χ3n) is 1.13. The Morgan fingerprint density at radius 3 is 3.00 bits per heavy atom. The zero-order chi connectivity index (χ0) is 6.27. The number of hydrogen-bond donors (Lipinski definition) is 1. The second-order valence-electron chi connectivity index (χ2n) is 1.73. The molecule has 0 radical (unpaired) electrons. The Morgan fingerprint density at radius 1 is 1.33 bits per heavy atom. The van der Waals surface area contributed by atoms with Gasteiger partial charge in [0.15, 0.2) is 5.06 Å². The zero-order valence-corrected chi connectivity index (χ0v) is 6.13. The van der Waals surface area contributed by atoms with Crippen LogP contribution in [0, 0.1) is 0 Å². The van der Waals surface area contributed by atoms with Gasteiger partial charge in [-0.15, -0.1) is 11.3 Å². The summed E-state index contributed by atoms with van der Waals surface area (Å²) in [5.74, 6) is 0. The Morgan fingerprint density at radius 2 is 2.22 bits per heavy atom. The van der Waals surface area contributed by atoms with E-state index in [9.17, 15) is 0 Å². The summed E-state index contributed by atoms with van der Waals surface area (Å²) in [6.45, 7) is 0. The highest BCUT2D eigenvalue weighted by Gasteiger charge is 1.98. The minimum absolute atomic E-state index is 0.414. The molecule has 0 saturated carbocycles. The summed E-state index contributed by atoms with van der Waals surface area (Å²) < 4.78 is 2.36. The van der Waals surface area contributed by atoms with Gasteiger partial charge in [-0.05, 0) is 11.4 Å². The van der Waals surface area contributed by atoms with E-state index in [1.165, 1.54) is 20.7 Å².